The number of halogens is 1. The molecule has 1 atom stereocenters. The van der Waals surface area contributed by atoms with Gasteiger partial charge in [0.25, 0.3) is 0 Å². The second-order valence-corrected chi connectivity index (χ2v) is 5.34. The zero-order valence-electron chi connectivity index (χ0n) is 9.31. The van der Waals surface area contributed by atoms with Crippen LogP contribution in [-0.4, -0.2) is 4.21 Å². The van der Waals surface area contributed by atoms with Crippen LogP contribution < -0.4 is 4.72 Å². The van der Waals surface area contributed by atoms with E-state index >= 15 is 0 Å². The van der Waals surface area contributed by atoms with Gasteiger partial charge in [-0.1, -0.05) is 35.4 Å². The van der Waals surface area contributed by atoms with E-state index in [1.807, 2.05) is 43.3 Å². The summed E-state index contributed by atoms with van der Waals surface area (Å²) < 4.78 is 14.9. The molecule has 0 radical (unpaired) electrons. The first-order valence-corrected chi connectivity index (χ1v) is 6.68. The average molecular weight is 266 g/mol. The number of anilines is 1. The summed E-state index contributed by atoms with van der Waals surface area (Å²) in [5.74, 6) is 0. The lowest BCUT2D eigenvalue weighted by Gasteiger charge is -2.06. The zero-order valence-corrected chi connectivity index (χ0v) is 10.9. The molecule has 0 aromatic heterocycles. The van der Waals surface area contributed by atoms with Gasteiger partial charge < -0.3 is 4.72 Å². The Hall–Kier alpha value is -1.32. The molecule has 0 amide bonds. The summed E-state index contributed by atoms with van der Waals surface area (Å²) in [6.07, 6.45) is 0. The second-order valence-electron chi connectivity index (χ2n) is 3.69. The molecule has 2 nitrogen and oxygen atoms in total. The summed E-state index contributed by atoms with van der Waals surface area (Å²) >= 11 is 5.86. The molecule has 0 aliphatic rings. The van der Waals surface area contributed by atoms with Crippen LogP contribution in [0.3, 0.4) is 0 Å². The Balaban J connectivity index is 2.14. The van der Waals surface area contributed by atoms with Crippen molar-refractivity contribution in [1.29, 1.82) is 0 Å². The van der Waals surface area contributed by atoms with Gasteiger partial charge in [0.05, 0.1) is 4.90 Å². The minimum absolute atomic E-state index is 0.621. The van der Waals surface area contributed by atoms with E-state index in [0.29, 0.717) is 5.02 Å². The number of nitrogens with one attached hydrogen (secondary N) is 1. The van der Waals surface area contributed by atoms with E-state index in [2.05, 4.69) is 4.72 Å². The normalized spacial score (nSPS) is 12.1. The summed E-state index contributed by atoms with van der Waals surface area (Å²) in [5.41, 5.74) is 1.89. The molecule has 2 aromatic carbocycles. The predicted octanol–water partition coefficient (Wildman–Crippen LogP) is 3.78. The van der Waals surface area contributed by atoms with E-state index in [0.717, 1.165) is 16.1 Å². The largest absolute Gasteiger partial charge is 0.301 e. The second kappa shape index (κ2) is 5.34. The Labute approximate surface area is 108 Å². The highest BCUT2D eigenvalue weighted by Crippen LogP contribution is 2.17. The van der Waals surface area contributed by atoms with Crippen LogP contribution in [0.1, 0.15) is 5.56 Å². The minimum Gasteiger partial charge on any atom is -0.301 e. The third-order valence-electron chi connectivity index (χ3n) is 2.27. The molecule has 0 aliphatic carbocycles. The molecule has 0 aliphatic heterocycles. The number of rotatable bonds is 3. The Morgan fingerprint density at radius 2 is 1.82 bits per heavy atom. The summed E-state index contributed by atoms with van der Waals surface area (Å²) in [6, 6.07) is 14.7. The van der Waals surface area contributed by atoms with Crippen molar-refractivity contribution in [1.82, 2.24) is 0 Å². The molecule has 88 valence electrons. The lowest BCUT2D eigenvalue weighted by Crippen LogP contribution is -2.04. The minimum atomic E-state index is -1.26. The van der Waals surface area contributed by atoms with Gasteiger partial charge in [0.15, 0.2) is 0 Å². The molecule has 2 aromatic rings. The zero-order chi connectivity index (χ0) is 12.3. The topological polar surface area (TPSA) is 29.1 Å². The maximum Gasteiger partial charge on any atom is 0.150 e. The maximum absolute atomic E-state index is 12.0. The third kappa shape index (κ3) is 3.32. The lowest BCUT2D eigenvalue weighted by molar-refractivity contribution is 0.686. The van der Waals surface area contributed by atoms with Crippen molar-refractivity contribution in [3.63, 3.8) is 0 Å². The fourth-order valence-electron chi connectivity index (χ4n) is 1.38. The van der Waals surface area contributed by atoms with Gasteiger partial charge in [-0.05, 0) is 37.3 Å². The van der Waals surface area contributed by atoms with Gasteiger partial charge in [-0.25, -0.2) is 4.21 Å². The number of hydrogen-bond acceptors (Lipinski definition) is 1. The number of hydrogen-bond donors (Lipinski definition) is 1. The number of benzene rings is 2. The first-order chi connectivity index (χ1) is 8.15. The molecule has 0 saturated heterocycles. The van der Waals surface area contributed by atoms with Gasteiger partial charge in [0.1, 0.15) is 11.0 Å². The van der Waals surface area contributed by atoms with Gasteiger partial charge in [-0.3, -0.25) is 0 Å². The standard InChI is InChI=1S/C13H12ClNOS/c1-10-5-7-13(8-6-10)17(16)15-12-4-2-3-11(14)9-12/h2-9,15H,1H3/t17-/m0/s1. The highest BCUT2D eigenvalue weighted by atomic mass is 35.5. The van der Waals surface area contributed by atoms with Crippen LogP contribution in [0.4, 0.5) is 5.69 Å². The molecular weight excluding hydrogens is 254 g/mol. The first kappa shape index (κ1) is 12.1. The third-order valence-corrected chi connectivity index (χ3v) is 3.63. The van der Waals surface area contributed by atoms with Crippen LogP contribution in [0.5, 0.6) is 0 Å². The molecule has 0 bridgehead atoms. The lowest BCUT2D eigenvalue weighted by atomic mass is 10.2. The van der Waals surface area contributed by atoms with Gasteiger partial charge >= 0.3 is 0 Å². The first-order valence-electron chi connectivity index (χ1n) is 5.16. The van der Waals surface area contributed by atoms with Crippen LogP contribution in [0.2, 0.25) is 5.02 Å². The van der Waals surface area contributed by atoms with Gasteiger partial charge in [0, 0.05) is 10.7 Å². The van der Waals surface area contributed by atoms with Crippen molar-refractivity contribution in [2.75, 3.05) is 4.72 Å². The van der Waals surface area contributed by atoms with Gasteiger partial charge in [0.2, 0.25) is 0 Å². The Bertz CT molecular complexity index is 539. The van der Waals surface area contributed by atoms with Gasteiger partial charge in [-0.15, -0.1) is 0 Å². The fraction of sp³-hybridized carbons (Fsp3) is 0.0769. The van der Waals surface area contributed by atoms with Crippen LogP contribution >= 0.6 is 11.6 Å². The van der Waals surface area contributed by atoms with E-state index in [1.54, 1.807) is 12.1 Å². The van der Waals surface area contributed by atoms with Crippen molar-refractivity contribution in [2.24, 2.45) is 0 Å². The van der Waals surface area contributed by atoms with E-state index in [1.165, 1.54) is 0 Å². The molecule has 2 rings (SSSR count). The summed E-state index contributed by atoms with van der Waals surface area (Å²) in [4.78, 5) is 0.746. The Morgan fingerprint density at radius 1 is 1.12 bits per heavy atom. The fourth-order valence-corrected chi connectivity index (χ4v) is 2.41. The molecular formula is C13H12ClNOS. The highest BCUT2D eigenvalue weighted by molar-refractivity contribution is 7.86. The van der Waals surface area contributed by atoms with Crippen molar-refractivity contribution in [2.45, 2.75) is 11.8 Å². The van der Waals surface area contributed by atoms with Gasteiger partial charge in [-0.2, -0.15) is 0 Å². The molecule has 0 fully saturated rings. The van der Waals surface area contributed by atoms with Crippen molar-refractivity contribution in [3.05, 3.63) is 59.1 Å². The quantitative estimate of drug-likeness (QED) is 0.899. The summed E-state index contributed by atoms with van der Waals surface area (Å²) in [6.45, 7) is 2.00. The van der Waals surface area contributed by atoms with E-state index in [-0.39, 0.29) is 0 Å². The van der Waals surface area contributed by atoms with E-state index in [9.17, 15) is 4.21 Å². The van der Waals surface area contributed by atoms with Crippen molar-refractivity contribution in [3.8, 4) is 0 Å². The smallest absolute Gasteiger partial charge is 0.150 e. The van der Waals surface area contributed by atoms with Crippen LogP contribution in [0.15, 0.2) is 53.4 Å². The van der Waals surface area contributed by atoms with Crippen molar-refractivity contribution < 1.29 is 4.21 Å². The summed E-state index contributed by atoms with van der Waals surface area (Å²) in [7, 11) is -1.26. The number of aryl methyl sites for hydroxylation is 1. The molecule has 1 N–H and O–H groups in total. The van der Waals surface area contributed by atoms with Crippen molar-refractivity contribution >= 4 is 28.3 Å². The molecule has 0 heterocycles. The monoisotopic (exact) mass is 265 g/mol. The van der Waals surface area contributed by atoms with E-state index < -0.39 is 11.0 Å². The SMILES string of the molecule is Cc1ccc([S@](=O)Nc2cccc(Cl)c2)cc1. The molecule has 0 spiro atoms. The maximum atomic E-state index is 12.0. The van der Waals surface area contributed by atoms with E-state index in [4.69, 9.17) is 11.6 Å². The molecule has 17 heavy (non-hydrogen) atoms. The van der Waals surface area contributed by atoms with Crippen LogP contribution in [0, 0.1) is 6.92 Å². The average Bonchev–Trinajstić information content (AvgIpc) is 2.29. The molecule has 0 unspecified atom stereocenters. The van der Waals surface area contributed by atoms with Crippen LogP contribution in [-0.2, 0) is 11.0 Å². The molecule has 4 heteroatoms. The Kier molecular flexibility index (Phi) is 3.82. The van der Waals surface area contributed by atoms with Crippen LogP contribution in [0.25, 0.3) is 0 Å². The predicted molar refractivity (Wildman–Crippen MR) is 72.7 cm³/mol. The molecule has 0 saturated carbocycles. The Morgan fingerprint density at radius 3 is 2.47 bits per heavy atom. The highest BCUT2D eigenvalue weighted by Gasteiger charge is 2.03. The summed E-state index contributed by atoms with van der Waals surface area (Å²) in [5, 5.41) is 0.621.